The zero-order valence-corrected chi connectivity index (χ0v) is 14.6. The number of hydrogen-bond acceptors (Lipinski definition) is 4. The van der Waals surface area contributed by atoms with Crippen molar-refractivity contribution in [2.75, 3.05) is 30.0 Å². The highest BCUT2D eigenvalue weighted by Crippen LogP contribution is 2.20. The summed E-state index contributed by atoms with van der Waals surface area (Å²) in [6.07, 6.45) is 0.426. The van der Waals surface area contributed by atoms with E-state index in [4.69, 9.17) is 0 Å². The Morgan fingerprint density at radius 3 is 2.50 bits per heavy atom. The van der Waals surface area contributed by atoms with Crippen LogP contribution in [-0.2, 0) is 19.4 Å². The Bertz CT molecular complexity index is 735. The van der Waals surface area contributed by atoms with E-state index in [1.165, 1.54) is 34.9 Å². The molecule has 1 aromatic carbocycles. The molecule has 2 rings (SSSR count). The minimum absolute atomic E-state index is 0.000954. The van der Waals surface area contributed by atoms with Crippen molar-refractivity contribution in [1.29, 1.82) is 0 Å². The molecule has 132 valence electrons. The number of anilines is 1. The smallest absolute Gasteiger partial charge is 0.224 e. The first-order valence-corrected chi connectivity index (χ1v) is 9.52. The average Bonchev–Trinajstić information content (AvgIpc) is 2.88. The molecule has 0 N–H and O–H groups in total. The molecule has 6 nitrogen and oxygen atoms in total. The first-order chi connectivity index (χ1) is 11.2. The zero-order chi connectivity index (χ0) is 17.9. The fourth-order valence-corrected chi connectivity index (χ4v) is 4.56. The van der Waals surface area contributed by atoms with E-state index in [0.717, 1.165) is 0 Å². The van der Waals surface area contributed by atoms with Gasteiger partial charge in [0, 0.05) is 33.0 Å². The summed E-state index contributed by atoms with van der Waals surface area (Å²) in [5, 5.41) is 0. The fourth-order valence-electron chi connectivity index (χ4n) is 2.79. The molecule has 0 aliphatic carbocycles. The molecule has 0 aromatic heterocycles. The monoisotopic (exact) mass is 356 g/mol. The number of nitrogens with zero attached hydrogens (tertiary/aromatic N) is 2. The molecule has 1 fully saturated rings. The van der Waals surface area contributed by atoms with E-state index in [-0.39, 0.29) is 48.0 Å². The van der Waals surface area contributed by atoms with Crippen molar-refractivity contribution in [3.05, 3.63) is 30.1 Å². The van der Waals surface area contributed by atoms with Gasteiger partial charge in [0.25, 0.3) is 0 Å². The van der Waals surface area contributed by atoms with Crippen LogP contribution in [0.4, 0.5) is 10.1 Å². The lowest BCUT2D eigenvalue weighted by Gasteiger charge is -2.26. The topological polar surface area (TPSA) is 74.8 Å². The van der Waals surface area contributed by atoms with Gasteiger partial charge in [0.2, 0.25) is 11.8 Å². The van der Waals surface area contributed by atoms with Crippen molar-refractivity contribution < 1.29 is 22.4 Å². The number of amides is 2. The summed E-state index contributed by atoms with van der Waals surface area (Å²) >= 11 is 0. The number of sulfone groups is 1. The molecule has 1 unspecified atom stereocenters. The number of halogens is 1. The van der Waals surface area contributed by atoms with Crippen molar-refractivity contribution in [1.82, 2.24) is 4.90 Å². The lowest BCUT2D eigenvalue weighted by Crippen LogP contribution is -2.40. The van der Waals surface area contributed by atoms with Gasteiger partial charge < -0.3 is 9.80 Å². The van der Waals surface area contributed by atoms with Crippen LogP contribution < -0.4 is 4.90 Å². The summed E-state index contributed by atoms with van der Waals surface area (Å²) in [7, 11) is -1.51. The molecule has 1 heterocycles. The van der Waals surface area contributed by atoms with Crippen LogP contribution in [0, 0.1) is 5.82 Å². The fraction of sp³-hybridized carbons (Fsp3) is 0.500. The van der Waals surface area contributed by atoms with Crippen LogP contribution in [0.1, 0.15) is 19.8 Å². The third kappa shape index (κ3) is 4.31. The van der Waals surface area contributed by atoms with Gasteiger partial charge in [0.1, 0.15) is 5.82 Å². The van der Waals surface area contributed by atoms with Crippen molar-refractivity contribution in [2.24, 2.45) is 0 Å². The van der Waals surface area contributed by atoms with Crippen LogP contribution >= 0.6 is 0 Å². The molecule has 0 bridgehead atoms. The predicted octanol–water partition coefficient (Wildman–Crippen LogP) is 1.21. The largest absolute Gasteiger partial charge is 0.342 e. The quantitative estimate of drug-likeness (QED) is 0.795. The number of benzene rings is 1. The maximum absolute atomic E-state index is 13.9. The van der Waals surface area contributed by atoms with Gasteiger partial charge in [0.15, 0.2) is 9.84 Å². The van der Waals surface area contributed by atoms with Gasteiger partial charge in [0.05, 0.1) is 17.2 Å². The van der Waals surface area contributed by atoms with Gasteiger partial charge in [-0.3, -0.25) is 9.59 Å². The maximum atomic E-state index is 13.9. The first-order valence-electron chi connectivity index (χ1n) is 7.70. The molecule has 24 heavy (non-hydrogen) atoms. The van der Waals surface area contributed by atoms with Crippen molar-refractivity contribution in [2.45, 2.75) is 25.8 Å². The molecule has 0 saturated carbocycles. The van der Waals surface area contributed by atoms with Gasteiger partial charge in [-0.05, 0) is 18.6 Å². The number of carbonyl (C=O) groups is 2. The minimum atomic E-state index is -3.08. The van der Waals surface area contributed by atoms with E-state index < -0.39 is 15.7 Å². The standard InChI is InChI=1S/C16H21FN2O4S/c1-12(20)19(15-6-4-3-5-14(15)17)9-7-16(21)18(2)13-8-10-24(22,23)11-13/h3-6,13H,7-11H2,1-2H3. The van der Waals surface area contributed by atoms with Crippen LogP contribution in [-0.4, -0.2) is 56.3 Å². The van der Waals surface area contributed by atoms with Crippen molar-refractivity contribution in [3.63, 3.8) is 0 Å². The van der Waals surface area contributed by atoms with E-state index in [9.17, 15) is 22.4 Å². The van der Waals surface area contributed by atoms with Gasteiger partial charge in [-0.25, -0.2) is 12.8 Å². The van der Waals surface area contributed by atoms with Gasteiger partial charge in [-0.2, -0.15) is 0 Å². The molecule has 1 aliphatic rings. The molecule has 0 spiro atoms. The third-order valence-corrected chi connectivity index (χ3v) is 5.97. The molecule has 1 aromatic rings. The summed E-state index contributed by atoms with van der Waals surface area (Å²) in [5.74, 6) is -1.10. The highest BCUT2D eigenvalue weighted by molar-refractivity contribution is 7.91. The van der Waals surface area contributed by atoms with E-state index in [2.05, 4.69) is 0 Å². The molecule has 0 radical (unpaired) electrons. The Labute approximate surface area is 141 Å². The second-order valence-corrected chi connectivity index (χ2v) is 8.16. The molecule has 8 heteroatoms. The molecule has 1 aliphatic heterocycles. The van der Waals surface area contributed by atoms with E-state index >= 15 is 0 Å². The normalized spacial score (nSPS) is 19.0. The summed E-state index contributed by atoms with van der Waals surface area (Å²) in [6, 6.07) is 5.54. The van der Waals surface area contributed by atoms with E-state index in [1.807, 2.05) is 0 Å². The number of rotatable bonds is 5. The second-order valence-electron chi connectivity index (χ2n) is 5.93. The first kappa shape index (κ1) is 18.4. The number of carbonyl (C=O) groups excluding carboxylic acids is 2. The predicted molar refractivity (Wildman–Crippen MR) is 88.9 cm³/mol. The van der Waals surface area contributed by atoms with Gasteiger partial charge in [-0.15, -0.1) is 0 Å². The molecule has 1 atom stereocenters. The van der Waals surface area contributed by atoms with Crippen molar-refractivity contribution >= 4 is 27.3 Å². The molecule has 2 amide bonds. The average molecular weight is 356 g/mol. The van der Waals surface area contributed by atoms with Crippen LogP contribution in [0.5, 0.6) is 0 Å². The third-order valence-electron chi connectivity index (χ3n) is 4.22. The number of hydrogen-bond donors (Lipinski definition) is 0. The summed E-state index contributed by atoms with van der Waals surface area (Å²) < 4.78 is 36.9. The van der Waals surface area contributed by atoms with Crippen molar-refractivity contribution in [3.8, 4) is 0 Å². The minimum Gasteiger partial charge on any atom is -0.342 e. The van der Waals surface area contributed by atoms with Gasteiger partial charge in [-0.1, -0.05) is 12.1 Å². The second kappa shape index (κ2) is 7.29. The highest BCUT2D eigenvalue weighted by Gasteiger charge is 2.32. The SMILES string of the molecule is CC(=O)N(CCC(=O)N(C)C1CCS(=O)(=O)C1)c1ccccc1F. The maximum Gasteiger partial charge on any atom is 0.224 e. The van der Waals surface area contributed by atoms with Crippen LogP contribution in [0.25, 0.3) is 0 Å². The van der Waals surface area contributed by atoms with Crippen LogP contribution in [0.15, 0.2) is 24.3 Å². The van der Waals surface area contributed by atoms with Gasteiger partial charge >= 0.3 is 0 Å². The van der Waals surface area contributed by atoms with E-state index in [1.54, 1.807) is 13.1 Å². The Morgan fingerprint density at radius 1 is 1.29 bits per heavy atom. The Kier molecular flexibility index (Phi) is 5.58. The number of para-hydroxylation sites is 1. The van der Waals surface area contributed by atoms with E-state index in [0.29, 0.717) is 6.42 Å². The summed E-state index contributed by atoms with van der Waals surface area (Å²) in [4.78, 5) is 26.7. The molecule has 1 saturated heterocycles. The zero-order valence-electron chi connectivity index (χ0n) is 13.7. The lowest BCUT2D eigenvalue weighted by molar-refractivity contribution is -0.131. The summed E-state index contributed by atoms with van der Waals surface area (Å²) in [6.45, 7) is 1.35. The Hall–Kier alpha value is -1.96. The van der Waals surface area contributed by atoms with Crippen LogP contribution in [0.2, 0.25) is 0 Å². The molecular formula is C16H21FN2O4S. The summed E-state index contributed by atoms with van der Waals surface area (Å²) in [5.41, 5.74) is 0.129. The highest BCUT2D eigenvalue weighted by atomic mass is 32.2. The van der Waals surface area contributed by atoms with Crippen LogP contribution in [0.3, 0.4) is 0 Å². The molecular weight excluding hydrogens is 335 g/mol. The Morgan fingerprint density at radius 2 is 1.96 bits per heavy atom. The lowest BCUT2D eigenvalue weighted by atomic mass is 10.2. The Balaban J connectivity index is 2.01.